The highest BCUT2D eigenvalue weighted by Gasteiger charge is 2.22. The lowest BCUT2D eigenvalue weighted by Gasteiger charge is -2.18. The highest BCUT2D eigenvalue weighted by molar-refractivity contribution is 5.78. The van der Waals surface area contributed by atoms with Gasteiger partial charge in [0, 0.05) is 12.5 Å². The average Bonchev–Trinajstić information content (AvgIpc) is 3.05. The molecule has 0 bridgehead atoms. The molecule has 0 heterocycles. The van der Waals surface area contributed by atoms with Crippen molar-refractivity contribution in [2.24, 2.45) is 5.92 Å². The zero-order valence-electron chi connectivity index (χ0n) is 12.6. The van der Waals surface area contributed by atoms with Crippen LogP contribution in [0.4, 0.5) is 0 Å². The van der Waals surface area contributed by atoms with Crippen LogP contribution in [0.25, 0.3) is 0 Å². The second-order valence-corrected chi connectivity index (χ2v) is 5.77. The number of ether oxygens (including phenoxy) is 1. The van der Waals surface area contributed by atoms with Gasteiger partial charge in [-0.05, 0) is 25.3 Å². The van der Waals surface area contributed by atoms with Crippen molar-refractivity contribution in [3.63, 3.8) is 0 Å². The first-order chi connectivity index (χ1) is 10.2. The van der Waals surface area contributed by atoms with Crippen molar-refractivity contribution in [2.45, 2.75) is 44.8 Å². The Hall–Kier alpha value is -1.39. The van der Waals surface area contributed by atoms with Gasteiger partial charge in [0.15, 0.2) is 0 Å². The van der Waals surface area contributed by atoms with E-state index in [-0.39, 0.29) is 31.1 Å². The van der Waals surface area contributed by atoms with Crippen LogP contribution in [0.2, 0.25) is 0 Å². The van der Waals surface area contributed by atoms with E-state index < -0.39 is 6.10 Å². The predicted molar refractivity (Wildman–Crippen MR) is 81.8 cm³/mol. The molecule has 4 nitrogen and oxygen atoms in total. The summed E-state index contributed by atoms with van der Waals surface area (Å²) in [7, 11) is 0. The average molecular weight is 291 g/mol. The van der Waals surface area contributed by atoms with Crippen molar-refractivity contribution >= 4 is 5.91 Å². The molecule has 4 heteroatoms. The smallest absolute Gasteiger partial charge is 0.223 e. The fraction of sp³-hybridized carbons (Fsp3) is 0.588. The molecule has 1 aliphatic rings. The van der Waals surface area contributed by atoms with Crippen molar-refractivity contribution in [1.29, 1.82) is 0 Å². The van der Waals surface area contributed by atoms with Gasteiger partial charge in [0.25, 0.3) is 0 Å². The van der Waals surface area contributed by atoms with Crippen LogP contribution in [0.3, 0.4) is 0 Å². The molecular weight excluding hydrogens is 266 g/mol. The molecule has 1 amide bonds. The molecule has 0 unspecified atom stereocenters. The first-order valence-corrected chi connectivity index (χ1v) is 7.79. The van der Waals surface area contributed by atoms with E-state index in [1.54, 1.807) is 0 Å². The Bertz CT molecular complexity index is 429. The Morgan fingerprint density at radius 2 is 2.00 bits per heavy atom. The monoisotopic (exact) mass is 291 g/mol. The fourth-order valence-electron chi connectivity index (χ4n) is 2.69. The first kappa shape index (κ1) is 16.0. The maximum Gasteiger partial charge on any atom is 0.223 e. The molecule has 1 saturated carbocycles. The van der Waals surface area contributed by atoms with Gasteiger partial charge in [-0.2, -0.15) is 0 Å². The number of hydrogen-bond donors (Lipinski definition) is 2. The number of benzene rings is 1. The van der Waals surface area contributed by atoms with Gasteiger partial charge in [-0.3, -0.25) is 4.79 Å². The third-order valence-corrected chi connectivity index (χ3v) is 4.05. The largest absolute Gasteiger partial charge is 0.389 e. The van der Waals surface area contributed by atoms with E-state index in [2.05, 4.69) is 5.32 Å². The summed E-state index contributed by atoms with van der Waals surface area (Å²) in [5, 5.41) is 12.7. The number of rotatable bonds is 7. The normalized spacial score (nSPS) is 18.4. The third kappa shape index (κ3) is 5.14. The maximum absolute atomic E-state index is 11.8. The Balaban J connectivity index is 1.65. The molecular formula is C17H25NO3. The van der Waals surface area contributed by atoms with Gasteiger partial charge in [-0.25, -0.2) is 0 Å². The summed E-state index contributed by atoms with van der Waals surface area (Å²) in [6.45, 7) is 2.44. The number of carbonyl (C=O) groups is 1. The van der Waals surface area contributed by atoms with Gasteiger partial charge >= 0.3 is 0 Å². The Kier molecular flexibility index (Phi) is 6.21. The van der Waals surface area contributed by atoms with Gasteiger partial charge in [-0.15, -0.1) is 0 Å². The van der Waals surface area contributed by atoms with Crippen LogP contribution in [0.1, 0.15) is 44.3 Å². The second-order valence-electron chi connectivity index (χ2n) is 5.77. The zero-order chi connectivity index (χ0) is 15.1. The summed E-state index contributed by atoms with van der Waals surface area (Å²) < 4.78 is 5.65. The maximum atomic E-state index is 11.8. The van der Waals surface area contributed by atoms with Crippen LogP contribution in [0.5, 0.6) is 0 Å². The minimum atomic E-state index is -0.665. The second kappa shape index (κ2) is 8.15. The highest BCUT2D eigenvalue weighted by atomic mass is 16.5. The summed E-state index contributed by atoms with van der Waals surface area (Å²) in [4.78, 5) is 11.8. The fourth-order valence-corrected chi connectivity index (χ4v) is 2.69. The van der Waals surface area contributed by atoms with Crippen LogP contribution in [0.15, 0.2) is 30.3 Å². The van der Waals surface area contributed by atoms with E-state index in [0.717, 1.165) is 31.2 Å². The summed E-state index contributed by atoms with van der Waals surface area (Å²) in [6.07, 6.45) is 3.50. The number of hydrogen-bond acceptors (Lipinski definition) is 3. The topological polar surface area (TPSA) is 58.6 Å². The molecule has 2 N–H and O–H groups in total. The van der Waals surface area contributed by atoms with E-state index in [9.17, 15) is 9.90 Å². The molecule has 0 radical (unpaired) electrons. The number of amides is 1. The van der Waals surface area contributed by atoms with Gasteiger partial charge in [0.05, 0.1) is 18.8 Å². The van der Waals surface area contributed by atoms with Crippen molar-refractivity contribution in [3.05, 3.63) is 35.9 Å². The summed E-state index contributed by atoms with van der Waals surface area (Å²) in [5.74, 6) is 0.212. The third-order valence-electron chi connectivity index (χ3n) is 4.05. The highest BCUT2D eigenvalue weighted by Crippen LogP contribution is 2.24. The van der Waals surface area contributed by atoms with Crippen molar-refractivity contribution < 1.29 is 14.6 Å². The zero-order valence-corrected chi connectivity index (χ0v) is 12.6. The van der Waals surface area contributed by atoms with E-state index >= 15 is 0 Å². The Morgan fingerprint density at radius 1 is 1.33 bits per heavy atom. The number of carbonyl (C=O) groups excluding carboxylic acids is 1. The SMILES string of the molecule is C[C@@H](OC[C@@H](O)CNC(=O)C1CCCC1)c1ccccc1. The molecule has 0 spiro atoms. The minimum absolute atomic E-state index is 0.0635. The molecule has 2 atom stereocenters. The predicted octanol–water partition coefficient (Wildman–Crippen LogP) is 2.43. The first-order valence-electron chi connectivity index (χ1n) is 7.79. The molecule has 2 rings (SSSR count). The molecule has 21 heavy (non-hydrogen) atoms. The molecule has 1 aromatic carbocycles. The van der Waals surface area contributed by atoms with Crippen molar-refractivity contribution in [1.82, 2.24) is 5.32 Å². The molecule has 0 aromatic heterocycles. The Labute approximate surface area is 126 Å². The summed E-state index contributed by atoms with van der Waals surface area (Å²) in [5.41, 5.74) is 1.08. The number of aliphatic hydroxyl groups is 1. The molecule has 1 aliphatic carbocycles. The molecule has 1 aromatic rings. The van der Waals surface area contributed by atoms with Crippen LogP contribution >= 0.6 is 0 Å². The standard InChI is InChI=1S/C17H25NO3/c1-13(14-7-3-2-4-8-14)21-12-16(19)11-18-17(20)15-9-5-6-10-15/h2-4,7-8,13,15-16,19H,5-6,9-12H2,1H3,(H,18,20)/t13-,16+/m1/s1. The van der Waals surface area contributed by atoms with Crippen molar-refractivity contribution in [3.8, 4) is 0 Å². The van der Waals surface area contributed by atoms with E-state index in [4.69, 9.17) is 4.74 Å². The molecule has 1 fully saturated rings. The van der Waals surface area contributed by atoms with Crippen LogP contribution in [0, 0.1) is 5.92 Å². The molecule has 0 saturated heterocycles. The lowest BCUT2D eigenvalue weighted by atomic mass is 10.1. The van der Waals surface area contributed by atoms with Gasteiger partial charge in [0.1, 0.15) is 0 Å². The molecule has 0 aliphatic heterocycles. The quantitative estimate of drug-likeness (QED) is 0.811. The minimum Gasteiger partial charge on any atom is -0.389 e. The van der Waals surface area contributed by atoms with E-state index in [0.29, 0.717) is 0 Å². The summed E-state index contributed by atoms with van der Waals surface area (Å²) >= 11 is 0. The van der Waals surface area contributed by atoms with Gasteiger partial charge in [0.2, 0.25) is 5.91 Å². The number of aliphatic hydroxyl groups excluding tert-OH is 1. The van der Waals surface area contributed by atoms with Crippen LogP contribution in [-0.2, 0) is 9.53 Å². The Morgan fingerprint density at radius 3 is 2.67 bits per heavy atom. The lowest BCUT2D eigenvalue weighted by molar-refractivity contribution is -0.125. The molecule has 116 valence electrons. The van der Waals surface area contributed by atoms with E-state index in [1.165, 1.54) is 0 Å². The van der Waals surface area contributed by atoms with Crippen molar-refractivity contribution in [2.75, 3.05) is 13.2 Å². The van der Waals surface area contributed by atoms with Gasteiger partial charge < -0.3 is 15.2 Å². The summed E-state index contributed by atoms with van der Waals surface area (Å²) in [6, 6.07) is 9.89. The van der Waals surface area contributed by atoms with Crippen LogP contribution < -0.4 is 5.32 Å². The van der Waals surface area contributed by atoms with E-state index in [1.807, 2.05) is 37.3 Å². The number of nitrogens with one attached hydrogen (secondary N) is 1. The van der Waals surface area contributed by atoms with Gasteiger partial charge in [-0.1, -0.05) is 43.2 Å². The lowest BCUT2D eigenvalue weighted by Crippen LogP contribution is -2.37. The van der Waals surface area contributed by atoms with Crippen LogP contribution in [-0.4, -0.2) is 30.3 Å².